The van der Waals surface area contributed by atoms with E-state index in [2.05, 4.69) is 48.8 Å². The number of aromatic nitrogens is 4. The molecule has 0 amide bonds. The molecule has 0 saturated carbocycles. The molecule has 0 aliphatic carbocycles. The summed E-state index contributed by atoms with van der Waals surface area (Å²) in [5, 5.41) is 0.0962. The van der Waals surface area contributed by atoms with Crippen molar-refractivity contribution in [2.45, 2.75) is 69.7 Å². The molecule has 2 aromatic heterocycles. The van der Waals surface area contributed by atoms with Crippen molar-refractivity contribution in [3.63, 3.8) is 0 Å². The summed E-state index contributed by atoms with van der Waals surface area (Å²) in [6.07, 6.45) is 1.22. The first-order valence-electron chi connectivity index (χ1n) is 11.2. The second-order valence-corrected chi connectivity index (χ2v) is 15.0. The Hall–Kier alpha value is -2.37. The second-order valence-electron chi connectivity index (χ2n) is 10.2. The lowest BCUT2D eigenvalue weighted by molar-refractivity contribution is -0.152. The van der Waals surface area contributed by atoms with Crippen LogP contribution >= 0.6 is 0 Å². The van der Waals surface area contributed by atoms with Crippen LogP contribution < -0.4 is 5.73 Å². The first-order chi connectivity index (χ1) is 15.7. The number of imidazole rings is 1. The second kappa shape index (κ2) is 8.14. The van der Waals surface area contributed by atoms with E-state index >= 15 is 0 Å². The molecule has 0 radical (unpaired) electrons. The molecule has 4 heterocycles. The van der Waals surface area contributed by atoms with Crippen molar-refractivity contribution in [1.82, 2.24) is 19.5 Å². The van der Waals surface area contributed by atoms with E-state index < -0.39 is 20.8 Å². The first kappa shape index (κ1) is 22.4. The van der Waals surface area contributed by atoms with Crippen LogP contribution in [0.3, 0.4) is 0 Å². The molecule has 33 heavy (non-hydrogen) atoms. The predicted octanol–water partition coefficient (Wildman–Crippen LogP) is 3.81. The molecule has 1 unspecified atom stereocenters. The van der Waals surface area contributed by atoms with E-state index in [1.54, 1.807) is 6.33 Å². The molecular formula is C23H31N5O4Si. The fraction of sp³-hybridized carbons (Fsp3) is 0.522. The van der Waals surface area contributed by atoms with E-state index in [4.69, 9.17) is 24.4 Å². The van der Waals surface area contributed by atoms with Crippen LogP contribution in [0.25, 0.3) is 11.2 Å². The van der Waals surface area contributed by atoms with Gasteiger partial charge in [-0.3, -0.25) is 4.57 Å². The predicted molar refractivity (Wildman–Crippen MR) is 126 cm³/mol. The number of nitrogen functional groups attached to an aromatic ring is 1. The number of hydrogen-bond donors (Lipinski definition) is 1. The number of anilines is 1. The Bertz CT molecular complexity index is 1130. The molecule has 5 atom stereocenters. The van der Waals surface area contributed by atoms with Gasteiger partial charge in [0, 0.05) is 5.56 Å². The molecule has 5 rings (SSSR count). The van der Waals surface area contributed by atoms with Crippen molar-refractivity contribution in [2.75, 3.05) is 12.3 Å². The summed E-state index contributed by atoms with van der Waals surface area (Å²) >= 11 is 0. The zero-order valence-corrected chi connectivity index (χ0v) is 20.6. The Labute approximate surface area is 194 Å². The first-order valence-corrected chi connectivity index (χ1v) is 14.1. The van der Waals surface area contributed by atoms with Gasteiger partial charge in [-0.2, -0.15) is 0 Å². The maximum absolute atomic E-state index is 6.51. The molecule has 2 saturated heterocycles. The number of rotatable bonds is 5. The topological polar surface area (TPSA) is 107 Å². The molecule has 9 nitrogen and oxygen atoms in total. The van der Waals surface area contributed by atoms with E-state index in [1.807, 2.05) is 34.9 Å². The van der Waals surface area contributed by atoms with Crippen LogP contribution in [0.2, 0.25) is 18.1 Å². The molecule has 2 aliphatic rings. The van der Waals surface area contributed by atoms with Crippen LogP contribution in [0.4, 0.5) is 5.82 Å². The smallest absolute Gasteiger partial charge is 0.192 e. The van der Waals surface area contributed by atoms with Gasteiger partial charge < -0.3 is 24.4 Å². The Balaban J connectivity index is 1.45. The number of benzene rings is 1. The molecule has 2 N–H and O–H groups in total. The number of fused-ring (bicyclic) bond motifs is 2. The monoisotopic (exact) mass is 469 g/mol. The Morgan fingerprint density at radius 3 is 2.48 bits per heavy atom. The fourth-order valence-electron chi connectivity index (χ4n) is 4.02. The van der Waals surface area contributed by atoms with Gasteiger partial charge in [0.15, 0.2) is 32.3 Å². The van der Waals surface area contributed by atoms with Crippen molar-refractivity contribution < 1.29 is 18.6 Å². The number of nitrogens with zero attached hydrogens (tertiary/aromatic N) is 4. The molecule has 2 aliphatic heterocycles. The maximum Gasteiger partial charge on any atom is 0.192 e. The van der Waals surface area contributed by atoms with Crippen LogP contribution in [0, 0.1) is 0 Å². The van der Waals surface area contributed by atoms with Crippen LogP contribution in [-0.2, 0) is 18.6 Å². The Morgan fingerprint density at radius 1 is 1.03 bits per heavy atom. The van der Waals surface area contributed by atoms with Gasteiger partial charge in [-0.15, -0.1) is 0 Å². The third-order valence-electron chi connectivity index (χ3n) is 6.99. The highest BCUT2D eigenvalue weighted by Gasteiger charge is 2.54. The molecule has 10 heteroatoms. The third-order valence-corrected chi connectivity index (χ3v) is 11.5. The molecular weight excluding hydrogens is 438 g/mol. The minimum Gasteiger partial charge on any atom is -0.414 e. The standard InChI is InChI=1S/C23H31N5O4Si/c1-23(2,3)33(4,5)29-11-15-17-18(32-22(31-17)14-9-7-6-8-10-14)21(30-15)28-13-27-16-19(24)25-12-26-20(16)28/h6-10,12-13,15,17-18,21-22H,11H2,1-5H3,(H2,24,25,26)/t15-,17-,18-,21-,22?/m1/s1. The van der Waals surface area contributed by atoms with E-state index in [1.165, 1.54) is 6.33 Å². The summed E-state index contributed by atoms with van der Waals surface area (Å²) < 4.78 is 27.6. The fourth-order valence-corrected chi connectivity index (χ4v) is 5.04. The van der Waals surface area contributed by atoms with Crippen LogP contribution in [0.1, 0.15) is 38.9 Å². The molecule has 2 fully saturated rings. The average Bonchev–Trinajstić information content (AvgIpc) is 3.46. The zero-order valence-electron chi connectivity index (χ0n) is 19.6. The highest BCUT2D eigenvalue weighted by Crippen LogP contribution is 2.45. The normalized spacial score (nSPS) is 27.8. The Kier molecular flexibility index (Phi) is 5.53. The van der Waals surface area contributed by atoms with Gasteiger partial charge in [0.05, 0.1) is 12.9 Å². The number of hydrogen-bond acceptors (Lipinski definition) is 8. The molecule has 0 bridgehead atoms. The van der Waals surface area contributed by atoms with E-state index in [0.29, 0.717) is 23.6 Å². The quantitative estimate of drug-likeness (QED) is 0.562. The molecule has 176 valence electrons. The van der Waals surface area contributed by atoms with E-state index in [-0.39, 0.29) is 23.4 Å². The van der Waals surface area contributed by atoms with Crippen LogP contribution in [0.5, 0.6) is 0 Å². The summed E-state index contributed by atoms with van der Waals surface area (Å²) in [7, 11) is -1.97. The van der Waals surface area contributed by atoms with Gasteiger partial charge >= 0.3 is 0 Å². The lowest BCUT2D eigenvalue weighted by Gasteiger charge is -2.37. The van der Waals surface area contributed by atoms with Crippen molar-refractivity contribution in [1.29, 1.82) is 0 Å². The maximum atomic E-state index is 6.51. The average molecular weight is 470 g/mol. The van der Waals surface area contributed by atoms with Crippen molar-refractivity contribution in [3.05, 3.63) is 48.5 Å². The van der Waals surface area contributed by atoms with E-state index in [0.717, 1.165) is 5.56 Å². The minimum absolute atomic E-state index is 0.0962. The minimum atomic E-state index is -1.97. The Morgan fingerprint density at radius 2 is 1.76 bits per heavy atom. The van der Waals surface area contributed by atoms with Gasteiger partial charge in [0.2, 0.25) is 0 Å². The van der Waals surface area contributed by atoms with Crippen LogP contribution in [0.15, 0.2) is 43.0 Å². The summed E-state index contributed by atoms with van der Waals surface area (Å²) in [6.45, 7) is 11.6. The van der Waals surface area contributed by atoms with Gasteiger partial charge in [0.1, 0.15) is 30.2 Å². The van der Waals surface area contributed by atoms with Gasteiger partial charge in [-0.1, -0.05) is 51.1 Å². The van der Waals surface area contributed by atoms with Gasteiger partial charge in [-0.25, -0.2) is 15.0 Å². The van der Waals surface area contributed by atoms with E-state index in [9.17, 15) is 0 Å². The largest absolute Gasteiger partial charge is 0.414 e. The third kappa shape index (κ3) is 3.95. The van der Waals surface area contributed by atoms with Gasteiger partial charge in [0.25, 0.3) is 0 Å². The number of ether oxygens (including phenoxy) is 3. The van der Waals surface area contributed by atoms with Crippen molar-refractivity contribution in [3.8, 4) is 0 Å². The molecule has 1 aromatic carbocycles. The SMILES string of the molecule is CC(C)(C)[Si](C)(C)OC[C@H]1O[C@@H](n2cnc3c(N)ncnc32)[C@@H]2OC(c3ccccc3)O[C@@H]21. The summed E-state index contributed by atoms with van der Waals surface area (Å²) in [6, 6.07) is 9.94. The molecule has 0 spiro atoms. The highest BCUT2D eigenvalue weighted by atomic mass is 28.4. The van der Waals surface area contributed by atoms with Crippen LogP contribution in [-0.4, -0.2) is 52.8 Å². The zero-order chi connectivity index (χ0) is 23.4. The lowest BCUT2D eigenvalue weighted by Crippen LogP contribution is -2.44. The van der Waals surface area contributed by atoms with Gasteiger partial charge in [-0.05, 0) is 18.1 Å². The van der Waals surface area contributed by atoms with Crippen molar-refractivity contribution >= 4 is 25.3 Å². The summed E-state index contributed by atoms with van der Waals surface area (Å²) in [5.74, 6) is 0.330. The molecule has 3 aromatic rings. The lowest BCUT2D eigenvalue weighted by atomic mass is 10.1. The summed E-state index contributed by atoms with van der Waals surface area (Å²) in [5.41, 5.74) is 8.11. The number of nitrogens with two attached hydrogens (primary N) is 1. The highest BCUT2D eigenvalue weighted by molar-refractivity contribution is 6.74. The van der Waals surface area contributed by atoms with Crippen molar-refractivity contribution in [2.24, 2.45) is 0 Å². The summed E-state index contributed by atoms with van der Waals surface area (Å²) in [4.78, 5) is 12.8.